The maximum absolute atomic E-state index is 13.5. The second-order valence-corrected chi connectivity index (χ2v) is 8.14. The van der Waals surface area contributed by atoms with Crippen molar-refractivity contribution in [3.8, 4) is 0 Å². The smallest absolute Gasteiger partial charge is 0.350 e. The average Bonchev–Trinajstić information content (AvgIpc) is 3.34. The molecule has 0 spiro atoms. The van der Waals surface area contributed by atoms with Crippen LogP contribution in [0.15, 0.2) is 29.3 Å². The Labute approximate surface area is 164 Å². The third kappa shape index (κ3) is 2.66. The van der Waals surface area contributed by atoms with Crippen molar-refractivity contribution in [2.24, 2.45) is 5.92 Å². The summed E-state index contributed by atoms with van der Waals surface area (Å²) >= 11 is 0. The number of ketones is 2. The Hall–Kier alpha value is -2.31. The van der Waals surface area contributed by atoms with E-state index < -0.39 is 28.7 Å². The molecule has 2 atom stereocenters. The number of hydrogen-bond donors (Lipinski definition) is 1. The molecular weight excluding hydrogens is 360 g/mol. The number of benzene rings is 1. The topological polar surface area (TPSA) is 93.2 Å². The molecule has 0 radical (unpaired) electrons. The Kier molecular flexibility index (Phi) is 5.06. The van der Waals surface area contributed by atoms with Crippen molar-refractivity contribution in [2.45, 2.75) is 51.7 Å². The molecule has 1 fully saturated rings. The molecule has 0 unspecified atom stereocenters. The molecule has 28 heavy (non-hydrogen) atoms. The lowest BCUT2D eigenvalue weighted by molar-refractivity contribution is -0.145. The van der Waals surface area contributed by atoms with Crippen LogP contribution in [0.3, 0.4) is 0 Å². The van der Waals surface area contributed by atoms with E-state index in [1.54, 1.807) is 32.0 Å². The van der Waals surface area contributed by atoms with Gasteiger partial charge in [0.25, 0.3) is 5.60 Å². The van der Waals surface area contributed by atoms with E-state index in [0.717, 1.165) is 11.1 Å². The van der Waals surface area contributed by atoms with Gasteiger partial charge in [-0.2, -0.15) is 0 Å². The number of epoxide rings is 1. The van der Waals surface area contributed by atoms with Crippen LogP contribution < -0.4 is 0 Å². The lowest BCUT2D eigenvalue weighted by atomic mass is 9.69. The Bertz CT molecular complexity index is 892. The molecule has 2 aliphatic rings. The standard InChI is InChI=1S/C22H26O6/c1-12(2)9-14-7-6-8-16-17(14)19(25)22(20(26)27-5)21(28-22,18(16)24)10-15(11-23)13(3)4/h6-8,12,23H,9-11H2,1-5H3/t21-,22-/m0/s1. The summed E-state index contributed by atoms with van der Waals surface area (Å²) in [6.07, 6.45) is 0.571. The van der Waals surface area contributed by atoms with Crippen LogP contribution >= 0.6 is 0 Å². The third-order valence-electron chi connectivity index (χ3n) is 5.62. The zero-order chi connectivity index (χ0) is 20.9. The molecule has 0 bridgehead atoms. The number of fused-ring (bicyclic) bond motifs is 2. The Morgan fingerprint density at radius 1 is 1.21 bits per heavy atom. The highest BCUT2D eigenvalue weighted by atomic mass is 16.7. The summed E-state index contributed by atoms with van der Waals surface area (Å²) in [6.45, 7) is 7.35. The van der Waals surface area contributed by atoms with Crippen molar-refractivity contribution in [2.75, 3.05) is 13.7 Å². The number of rotatable bonds is 6. The maximum Gasteiger partial charge on any atom is 0.350 e. The van der Waals surface area contributed by atoms with E-state index in [0.29, 0.717) is 12.0 Å². The minimum absolute atomic E-state index is 0.0284. The van der Waals surface area contributed by atoms with Gasteiger partial charge in [0.2, 0.25) is 5.78 Å². The van der Waals surface area contributed by atoms with Gasteiger partial charge in [0, 0.05) is 17.5 Å². The minimum Gasteiger partial charge on any atom is -0.466 e. The number of hydrogen-bond acceptors (Lipinski definition) is 6. The highest BCUT2D eigenvalue weighted by Crippen LogP contribution is 2.59. The number of aliphatic hydroxyl groups excluding tert-OH is 1. The Morgan fingerprint density at radius 2 is 1.89 bits per heavy atom. The van der Waals surface area contributed by atoms with Gasteiger partial charge >= 0.3 is 5.97 Å². The first-order chi connectivity index (χ1) is 13.2. The van der Waals surface area contributed by atoms with Crippen LogP contribution in [0.5, 0.6) is 0 Å². The quantitative estimate of drug-likeness (QED) is 0.350. The first kappa shape index (κ1) is 20.4. The number of methoxy groups -OCH3 is 1. The third-order valence-corrected chi connectivity index (χ3v) is 5.62. The molecule has 1 saturated heterocycles. The molecular formula is C22H26O6. The summed E-state index contributed by atoms with van der Waals surface area (Å²) in [5.74, 6) is -1.55. The van der Waals surface area contributed by atoms with E-state index in [1.165, 1.54) is 7.11 Å². The number of carbonyl (C=O) groups excluding carboxylic acids is 3. The summed E-state index contributed by atoms with van der Waals surface area (Å²) in [6, 6.07) is 5.15. The van der Waals surface area contributed by atoms with E-state index in [4.69, 9.17) is 9.47 Å². The second kappa shape index (κ2) is 6.94. The van der Waals surface area contributed by atoms with Gasteiger partial charge in [-0.1, -0.05) is 37.6 Å². The van der Waals surface area contributed by atoms with Gasteiger partial charge in [-0.3, -0.25) is 9.59 Å². The van der Waals surface area contributed by atoms with E-state index in [9.17, 15) is 19.5 Å². The number of esters is 1. The molecule has 1 aromatic carbocycles. The van der Waals surface area contributed by atoms with Crippen LogP contribution in [-0.4, -0.2) is 47.6 Å². The predicted octanol–water partition coefficient (Wildman–Crippen LogP) is 2.66. The summed E-state index contributed by atoms with van der Waals surface area (Å²) in [4.78, 5) is 39.7. The molecule has 1 heterocycles. The molecule has 0 amide bonds. The van der Waals surface area contributed by atoms with Gasteiger partial charge in [-0.15, -0.1) is 0 Å². The maximum atomic E-state index is 13.5. The zero-order valence-corrected chi connectivity index (χ0v) is 16.9. The van der Waals surface area contributed by atoms with Crippen molar-refractivity contribution >= 4 is 17.5 Å². The van der Waals surface area contributed by atoms with Crippen LogP contribution in [-0.2, 0) is 20.7 Å². The molecule has 0 saturated carbocycles. The van der Waals surface area contributed by atoms with E-state index >= 15 is 0 Å². The zero-order valence-electron chi connectivity index (χ0n) is 16.9. The normalized spacial score (nSPS) is 25.2. The molecule has 1 aliphatic heterocycles. The highest BCUT2D eigenvalue weighted by molar-refractivity contribution is 6.33. The van der Waals surface area contributed by atoms with Gasteiger partial charge in [0.15, 0.2) is 11.4 Å². The number of ether oxygens (including phenoxy) is 2. The van der Waals surface area contributed by atoms with Crippen LogP contribution in [0, 0.1) is 5.92 Å². The average molecular weight is 386 g/mol. The molecule has 6 nitrogen and oxygen atoms in total. The van der Waals surface area contributed by atoms with Gasteiger partial charge in [-0.25, -0.2) is 4.79 Å². The van der Waals surface area contributed by atoms with Crippen molar-refractivity contribution in [1.29, 1.82) is 0 Å². The van der Waals surface area contributed by atoms with E-state index in [-0.39, 0.29) is 30.1 Å². The van der Waals surface area contributed by atoms with E-state index in [2.05, 4.69) is 0 Å². The highest BCUT2D eigenvalue weighted by Gasteiger charge is 2.85. The summed E-state index contributed by atoms with van der Waals surface area (Å²) in [5.41, 5.74) is -1.01. The van der Waals surface area contributed by atoms with Crippen molar-refractivity contribution in [3.05, 3.63) is 46.0 Å². The molecule has 1 aromatic rings. The van der Waals surface area contributed by atoms with Crippen LogP contribution in [0.1, 0.15) is 60.4 Å². The summed E-state index contributed by atoms with van der Waals surface area (Å²) < 4.78 is 10.6. The summed E-state index contributed by atoms with van der Waals surface area (Å²) in [7, 11) is 1.17. The Balaban J connectivity index is 2.21. The van der Waals surface area contributed by atoms with Crippen molar-refractivity contribution in [1.82, 2.24) is 0 Å². The number of allylic oxidation sites excluding steroid dienone is 1. The Morgan fingerprint density at radius 3 is 2.43 bits per heavy atom. The number of carbonyl (C=O) groups is 3. The van der Waals surface area contributed by atoms with Gasteiger partial charge in [0.1, 0.15) is 0 Å². The van der Waals surface area contributed by atoms with Crippen LogP contribution in [0.4, 0.5) is 0 Å². The molecule has 150 valence electrons. The molecule has 0 aromatic heterocycles. The molecule has 1 N–H and O–H groups in total. The SMILES string of the molecule is COC(=O)[C@]12O[C@@]1(CC(CO)=C(C)C)C(=O)c1cccc(CC(C)C)c1C2=O. The van der Waals surface area contributed by atoms with Crippen molar-refractivity contribution < 1.29 is 29.0 Å². The summed E-state index contributed by atoms with van der Waals surface area (Å²) in [5, 5.41) is 9.70. The van der Waals surface area contributed by atoms with E-state index in [1.807, 2.05) is 13.8 Å². The monoisotopic (exact) mass is 386 g/mol. The first-order valence-electron chi connectivity index (χ1n) is 9.42. The fourth-order valence-corrected chi connectivity index (χ4v) is 4.11. The fourth-order valence-electron chi connectivity index (χ4n) is 4.11. The number of Topliss-reactive ketones (excluding diaryl/α,β-unsaturated/α-hetero) is 2. The fraction of sp³-hybridized carbons (Fsp3) is 0.500. The van der Waals surface area contributed by atoms with Crippen molar-refractivity contribution in [3.63, 3.8) is 0 Å². The lowest BCUT2D eigenvalue weighted by Crippen LogP contribution is -2.51. The van der Waals surface area contributed by atoms with Gasteiger partial charge in [-0.05, 0) is 37.3 Å². The van der Waals surface area contributed by atoms with Gasteiger partial charge in [0.05, 0.1) is 13.7 Å². The largest absolute Gasteiger partial charge is 0.466 e. The van der Waals surface area contributed by atoms with Gasteiger partial charge < -0.3 is 14.6 Å². The van der Waals surface area contributed by atoms with Crippen LogP contribution in [0.2, 0.25) is 0 Å². The first-order valence-corrected chi connectivity index (χ1v) is 9.42. The lowest BCUT2D eigenvalue weighted by Gasteiger charge is -2.26. The molecule has 1 aliphatic carbocycles. The number of aliphatic hydroxyl groups is 1. The molecule has 3 rings (SSSR count). The minimum atomic E-state index is -1.98. The predicted molar refractivity (Wildman–Crippen MR) is 102 cm³/mol. The van der Waals surface area contributed by atoms with Crippen LogP contribution in [0.25, 0.3) is 0 Å². The second-order valence-electron chi connectivity index (χ2n) is 8.14. The molecule has 6 heteroatoms.